The monoisotopic (exact) mass is 500 g/mol. The first-order valence-electron chi connectivity index (χ1n) is 8.94. The summed E-state index contributed by atoms with van der Waals surface area (Å²) in [5.74, 6) is 0. The van der Waals surface area contributed by atoms with Crippen molar-refractivity contribution in [1.82, 2.24) is 9.21 Å². The number of piperazine rings is 1. The minimum atomic E-state index is -6.33. The van der Waals surface area contributed by atoms with Gasteiger partial charge in [0.15, 0.2) is 10.0 Å². The second-order valence-corrected chi connectivity index (χ2v) is 15.3. The summed E-state index contributed by atoms with van der Waals surface area (Å²) in [5, 5.41) is 0. The molecule has 30 heavy (non-hydrogen) atoms. The number of nitrogens with zero attached hydrogens (tertiary/aromatic N) is 3. The molecule has 9 nitrogen and oxygen atoms in total. The van der Waals surface area contributed by atoms with Crippen LogP contribution in [0.25, 0.3) is 4.13 Å². The molecule has 0 aromatic heterocycles. The third-order valence-corrected chi connectivity index (χ3v) is 13.4. The van der Waals surface area contributed by atoms with Gasteiger partial charge in [-0.3, -0.25) is 0 Å². The molecular formula is C15H29F3N3O6S3-. The van der Waals surface area contributed by atoms with Crippen LogP contribution in [0.5, 0.6) is 0 Å². The fraction of sp³-hybridized carbons (Fsp3) is 1.00. The van der Waals surface area contributed by atoms with Crippen LogP contribution in [-0.4, -0.2) is 82.7 Å². The van der Waals surface area contributed by atoms with Gasteiger partial charge in [-0.1, -0.05) is 13.8 Å². The van der Waals surface area contributed by atoms with Gasteiger partial charge in [-0.15, -0.1) is 0 Å². The molecule has 1 fully saturated rings. The van der Waals surface area contributed by atoms with Gasteiger partial charge < -0.3 is 9.03 Å². The van der Waals surface area contributed by atoms with Gasteiger partial charge in [-0.2, -0.15) is 17.5 Å². The van der Waals surface area contributed by atoms with Gasteiger partial charge in [-0.25, -0.2) is 25.3 Å². The number of hydrogen-bond acceptors (Lipinski definition) is 7. The van der Waals surface area contributed by atoms with Crippen LogP contribution in [0.15, 0.2) is 0 Å². The molecule has 15 heteroatoms. The van der Waals surface area contributed by atoms with Crippen molar-refractivity contribution in [3.05, 3.63) is 4.13 Å². The van der Waals surface area contributed by atoms with Crippen molar-refractivity contribution in [2.75, 3.05) is 33.2 Å². The highest BCUT2D eigenvalue weighted by atomic mass is 32.3. The fourth-order valence-electron chi connectivity index (χ4n) is 2.99. The highest BCUT2D eigenvalue weighted by Crippen LogP contribution is 2.52. The van der Waals surface area contributed by atoms with E-state index in [1.165, 1.54) is 32.0 Å². The molecular weight excluding hydrogens is 471 g/mol. The summed E-state index contributed by atoms with van der Waals surface area (Å²) in [4.78, 5) is 1.92. The van der Waals surface area contributed by atoms with E-state index in [9.17, 15) is 38.4 Å². The van der Waals surface area contributed by atoms with Crippen molar-refractivity contribution in [3.63, 3.8) is 0 Å². The Labute approximate surface area is 177 Å². The van der Waals surface area contributed by atoms with Crippen LogP contribution in [-0.2, 0) is 30.1 Å². The van der Waals surface area contributed by atoms with Crippen LogP contribution in [0.1, 0.15) is 41.5 Å². The Hall–Kier alpha value is -0.480. The van der Waals surface area contributed by atoms with Crippen LogP contribution >= 0.6 is 0 Å². The highest BCUT2D eigenvalue weighted by Gasteiger charge is 2.60. The lowest BCUT2D eigenvalue weighted by Crippen LogP contribution is -2.63. The summed E-state index contributed by atoms with van der Waals surface area (Å²) in [6.07, 6.45) is 0. The van der Waals surface area contributed by atoms with Crippen molar-refractivity contribution < 1.29 is 38.4 Å². The molecule has 0 spiro atoms. The van der Waals surface area contributed by atoms with E-state index in [-0.39, 0.29) is 13.1 Å². The summed E-state index contributed by atoms with van der Waals surface area (Å²) < 4.78 is 112. The number of rotatable bonds is 7. The van der Waals surface area contributed by atoms with Gasteiger partial charge in [0.05, 0.1) is 19.5 Å². The largest absolute Gasteiger partial charge is 0.480 e. The topological polar surface area (TPSA) is 123 Å². The zero-order chi connectivity index (χ0) is 24.2. The summed E-state index contributed by atoms with van der Waals surface area (Å²) in [6.45, 7) is 8.25. The summed E-state index contributed by atoms with van der Waals surface area (Å²) >= 11 is 0. The summed E-state index contributed by atoms with van der Waals surface area (Å²) in [5.41, 5.74) is -7.66. The number of hydrogen-bond donors (Lipinski definition) is 0. The maximum absolute atomic E-state index is 13.4. The molecule has 0 unspecified atom stereocenters. The average molecular weight is 501 g/mol. The maximum atomic E-state index is 13.4. The zero-order valence-electron chi connectivity index (χ0n) is 18.0. The molecule has 1 aliphatic heterocycles. The molecule has 0 saturated carbocycles. The normalized spacial score (nSPS) is 19.8. The van der Waals surface area contributed by atoms with Gasteiger partial charge in [0.25, 0.3) is 0 Å². The Morgan fingerprint density at radius 2 is 1.10 bits per heavy atom. The smallest absolute Gasteiger partial charge is 0.428 e. The molecule has 0 atom stereocenters. The number of halogens is 3. The van der Waals surface area contributed by atoms with E-state index in [1.807, 2.05) is 11.9 Å². The van der Waals surface area contributed by atoms with Crippen molar-refractivity contribution in [3.8, 4) is 0 Å². The van der Waals surface area contributed by atoms with E-state index < -0.39 is 50.5 Å². The number of likely N-dealkylation sites (N-methyl/N-ethyl adjacent to an activating group) is 1. The predicted molar refractivity (Wildman–Crippen MR) is 107 cm³/mol. The standard InChI is InChI=1S/C15H29F3N3O6S3/c1-12(2,13(3,4)28(22,23)19-29(24,25)15(16,17)18)14(5,6)30(26,27)21-10-8-20(7)9-11-21/h8-11H2,1-7H3/q-1. The van der Waals surface area contributed by atoms with Crippen LogP contribution in [0.4, 0.5) is 13.2 Å². The predicted octanol–water partition coefficient (Wildman–Crippen LogP) is 1.70. The van der Waals surface area contributed by atoms with Gasteiger partial charge in [0, 0.05) is 31.6 Å². The molecule has 0 bridgehead atoms. The fourth-order valence-corrected chi connectivity index (χ4v) is 8.26. The molecule has 180 valence electrons. The van der Waals surface area contributed by atoms with Crippen LogP contribution in [0.3, 0.4) is 0 Å². The first kappa shape index (κ1) is 27.6. The van der Waals surface area contributed by atoms with Crippen molar-refractivity contribution >= 4 is 30.1 Å². The van der Waals surface area contributed by atoms with E-state index in [0.717, 1.165) is 13.8 Å². The molecule has 0 amide bonds. The summed E-state index contributed by atoms with van der Waals surface area (Å²) in [6, 6.07) is 0. The van der Waals surface area contributed by atoms with Crippen LogP contribution in [0.2, 0.25) is 0 Å². The Balaban J connectivity index is 3.45. The third kappa shape index (κ3) is 4.37. The van der Waals surface area contributed by atoms with E-state index in [4.69, 9.17) is 0 Å². The summed E-state index contributed by atoms with van der Waals surface area (Å²) in [7, 11) is -14.0. The first-order valence-corrected chi connectivity index (χ1v) is 13.3. The van der Waals surface area contributed by atoms with E-state index in [0.29, 0.717) is 13.1 Å². The number of alkyl halides is 3. The third-order valence-electron chi connectivity index (χ3n) is 6.59. The van der Waals surface area contributed by atoms with Crippen LogP contribution < -0.4 is 0 Å². The highest BCUT2D eigenvalue weighted by molar-refractivity contribution is 8.13. The molecule has 1 rings (SSSR count). The molecule has 1 heterocycles. The Morgan fingerprint density at radius 3 is 1.47 bits per heavy atom. The Bertz CT molecular complexity index is 963. The molecule has 0 aromatic carbocycles. The maximum Gasteiger partial charge on any atom is 0.480 e. The van der Waals surface area contributed by atoms with Gasteiger partial charge >= 0.3 is 5.51 Å². The van der Waals surface area contributed by atoms with Crippen molar-refractivity contribution in [1.29, 1.82) is 0 Å². The minimum absolute atomic E-state index is 0.165. The second-order valence-electron chi connectivity index (χ2n) is 8.82. The molecule has 0 aliphatic carbocycles. The first-order chi connectivity index (χ1) is 13.0. The van der Waals surface area contributed by atoms with E-state index in [1.54, 1.807) is 0 Å². The molecule has 0 N–H and O–H groups in total. The van der Waals surface area contributed by atoms with Gasteiger partial charge in [0.1, 0.15) is 0 Å². The average Bonchev–Trinajstić information content (AvgIpc) is 2.52. The van der Waals surface area contributed by atoms with E-state index in [2.05, 4.69) is 4.13 Å². The second kappa shape index (κ2) is 7.83. The zero-order valence-corrected chi connectivity index (χ0v) is 20.4. The lowest BCUT2D eigenvalue weighted by Gasteiger charge is -2.53. The molecule has 0 aromatic rings. The van der Waals surface area contributed by atoms with Crippen molar-refractivity contribution in [2.45, 2.75) is 56.5 Å². The Morgan fingerprint density at radius 1 is 0.700 bits per heavy atom. The van der Waals surface area contributed by atoms with Crippen molar-refractivity contribution in [2.24, 2.45) is 5.41 Å². The van der Waals surface area contributed by atoms with Gasteiger partial charge in [-0.05, 0) is 34.7 Å². The minimum Gasteiger partial charge on any atom is -0.428 e. The van der Waals surface area contributed by atoms with E-state index >= 15 is 0 Å². The van der Waals surface area contributed by atoms with Gasteiger partial charge in [0.2, 0.25) is 10.0 Å². The molecule has 1 saturated heterocycles. The SMILES string of the molecule is CN1CCN(S(=O)(=O)C(C)(C)C(C)(C)C(C)(C)S(=O)(=O)[N-]S(=O)(=O)C(F)(F)F)CC1. The molecule has 0 radical (unpaired) electrons. The quantitative estimate of drug-likeness (QED) is 0.521. The van der Waals surface area contributed by atoms with Crippen LogP contribution in [0, 0.1) is 5.41 Å². The number of sulfonamides is 3. The lowest BCUT2D eigenvalue weighted by atomic mass is 9.71. The Kier molecular flexibility index (Phi) is 7.19. The molecule has 1 aliphatic rings. The lowest BCUT2D eigenvalue weighted by molar-refractivity contribution is -0.0425.